The molecule has 4 rings (SSSR count). The number of carbonyl (C=O) groups is 1. The van der Waals surface area contributed by atoms with E-state index in [0.29, 0.717) is 42.3 Å². The van der Waals surface area contributed by atoms with Crippen molar-refractivity contribution in [3.05, 3.63) is 74.6 Å². The smallest absolute Gasteiger partial charge is 0.431 e. The van der Waals surface area contributed by atoms with Gasteiger partial charge in [-0.1, -0.05) is 13.0 Å². The van der Waals surface area contributed by atoms with Crippen molar-refractivity contribution in [2.24, 2.45) is 7.05 Å². The topological polar surface area (TPSA) is 103 Å². The van der Waals surface area contributed by atoms with Crippen LogP contribution in [0.25, 0.3) is 27.0 Å². The number of nitrogens with zero attached hydrogens (tertiary/aromatic N) is 3. The minimum atomic E-state index is -4.86. The quantitative estimate of drug-likeness (QED) is 0.406. The molecular weight excluding hydrogens is 499 g/mol. The fourth-order valence-corrected chi connectivity index (χ4v) is 4.57. The van der Waals surface area contributed by atoms with Crippen LogP contribution < -0.4 is 16.0 Å². The fraction of sp³-hybridized carbons (Fsp3) is 0.250. The highest BCUT2D eigenvalue weighted by Gasteiger charge is 2.35. The molecule has 2 aromatic carbocycles. The minimum absolute atomic E-state index is 0.0882. The van der Waals surface area contributed by atoms with Crippen molar-refractivity contribution in [1.82, 2.24) is 13.5 Å². The van der Waals surface area contributed by atoms with Crippen LogP contribution in [0.1, 0.15) is 24.6 Å². The van der Waals surface area contributed by atoms with Gasteiger partial charge in [-0.15, -0.1) is 0 Å². The average Bonchev–Trinajstić information content (AvgIpc) is 3.23. The Kier molecular flexibility index (Phi) is 6.48. The number of benzene rings is 2. The zero-order chi connectivity index (χ0) is 26.4. The first-order chi connectivity index (χ1) is 16.9. The predicted molar refractivity (Wildman–Crippen MR) is 128 cm³/mol. The summed E-state index contributed by atoms with van der Waals surface area (Å²) in [5.74, 6) is -0.762. The Balaban J connectivity index is 1.85. The molecule has 1 atom stereocenters. The van der Waals surface area contributed by atoms with Crippen LogP contribution in [0.5, 0.6) is 5.75 Å². The second-order valence-electron chi connectivity index (χ2n) is 8.08. The monoisotopic (exact) mass is 519 g/mol. The van der Waals surface area contributed by atoms with Crippen LogP contribution in [0, 0.1) is 6.92 Å². The van der Waals surface area contributed by atoms with Crippen molar-refractivity contribution in [1.29, 1.82) is 0 Å². The molecule has 1 unspecified atom stereocenters. The normalized spacial score (nSPS) is 12.6. The van der Waals surface area contributed by atoms with E-state index >= 15 is 0 Å². The number of halogens is 3. The van der Waals surface area contributed by atoms with Crippen LogP contribution in [0.15, 0.2) is 52.1 Å². The molecule has 0 saturated carbocycles. The lowest BCUT2D eigenvalue weighted by molar-refractivity contribution is -0.145. The maximum Gasteiger partial charge on any atom is 0.431 e. The lowest BCUT2D eigenvalue weighted by Crippen LogP contribution is -2.40. The minimum Gasteiger partial charge on any atom is -0.479 e. The summed E-state index contributed by atoms with van der Waals surface area (Å²) in [6.45, 7) is 3.52. The van der Waals surface area contributed by atoms with Crippen LogP contribution in [0.2, 0.25) is 0 Å². The molecule has 8 nitrogen and oxygen atoms in total. The molecule has 0 bridgehead atoms. The van der Waals surface area contributed by atoms with Gasteiger partial charge in [0.25, 0.3) is 5.56 Å². The third kappa shape index (κ3) is 4.51. The number of ether oxygens (including phenoxy) is 1. The Labute approximate surface area is 206 Å². The number of aromatic nitrogens is 3. The van der Waals surface area contributed by atoms with Gasteiger partial charge < -0.3 is 9.84 Å². The maximum atomic E-state index is 13.2. The first-order valence-corrected chi connectivity index (χ1v) is 11.5. The molecule has 0 aliphatic rings. The lowest BCUT2D eigenvalue weighted by atomic mass is 10.0. The summed E-state index contributed by atoms with van der Waals surface area (Å²) < 4.78 is 51.5. The van der Waals surface area contributed by atoms with E-state index < -0.39 is 35.2 Å². The molecule has 188 valence electrons. The Bertz CT molecular complexity index is 1600. The van der Waals surface area contributed by atoms with Crippen molar-refractivity contribution in [3.8, 4) is 22.7 Å². The summed E-state index contributed by atoms with van der Waals surface area (Å²) in [5.41, 5.74) is -1.54. The Hall–Kier alpha value is -3.93. The van der Waals surface area contributed by atoms with E-state index in [0.717, 1.165) is 24.1 Å². The number of alkyl halides is 3. The maximum absolute atomic E-state index is 13.2. The SMILES string of the molecule is CCC(Oc1ccc(C)c(-c2nsc3ccc(-n4c(=O)cc(C(F)(F)F)n(C)c4=O)cc23)c1)C(=O)O. The number of aryl methyl sites for hydroxylation is 1. The van der Waals surface area contributed by atoms with E-state index in [9.17, 15) is 32.7 Å². The number of carboxylic acid groups (broad SMARTS) is 1. The molecule has 0 aliphatic heterocycles. The molecule has 0 amide bonds. The predicted octanol–water partition coefficient (Wildman–Crippen LogP) is 4.38. The van der Waals surface area contributed by atoms with E-state index in [1.807, 2.05) is 6.92 Å². The first kappa shape index (κ1) is 25.2. The molecule has 4 aromatic rings. The van der Waals surface area contributed by atoms with Crippen LogP contribution in [-0.4, -0.2) is 30.7 Å². The molecule has 0 saturated heterocycles. The Morgan fingerprint density at radius 3 is 2.53 bits per heavy atom. The van der Waals surface area contributed by atoms with Gasteiger partial charge in [0.2, 0.25) is 0 Å². The number of aliphatic carboxylic acids is 1. The van der Waals surface area contributed by atoms with Gasteiger partial charge in [-0.2, -0.15) is 17.5 Å². The van der Waals surface area contributed by atoms with Gasteiger partial charge in [0.1, 0.15) is 11.4 Å². The van der Waals surface area contributed by atoms with Crippen LogP contribution in [0.4, 0.5) is 13.2 Å². The highest BCUT2D eigenvalue weighted by molar-refractivity contribution is 7.13. The van der Waals surface area contributed by atoms with E-state index in [4.69, 9.17) is 4.74 Å². The van der Waals surface area contributed by atoms with Gasteiger partial charge in [-0.05, 0) is 60.8 Å². The molecule has 12 heteroatoms. The highest BCUT2D eigenvalue weighted by Crippen LogP contribution is 2.36. The van der Waals surface area contributed by atoms with Gasteiger partial charge in [-0.25, -0.2) is 14.2 Å². The Morgan fingerprint density at radius 2 is 1.89 bits per heavy atom. The summed E-state index contributed by atoms with van der Waals surface area (Å²) in [5, 5.41) is 9.86. The Morgan fingerprint density at radius 1 is 1.17 bits per heavy atom. The van der Waals surface area contributed by atoms with E-state index in [1.165, 1.54) is 12.1 Å². The molecule has 0 aliphatic carbocycles. The second kappa shape index (κ2) is 9.26. The third-order valence-electron chi connectivity index (χ3n) is 5.71. The second-order valence-corrected chi connectivity index (χ2v) is 8.89. The van der Waals surface area contributed by atoms with Crippen LogP contribution in [-0.2, 0) is 18.0 Å². The van der Waals surface area contributed by atoms with E-state index in [1.54, 1.807) is 31.2 Å². The summed E-state index contributed by atoms with van der Waals surface area (Å²) >= 11 is 1.16. The van der Waals surface area contributed by atoms with Gasteiger partial charge in [0, 0.05) is 24.1 Å². The standard InChI is InChI=1S/C24H20F3N3O5S/c1-4-17(22(32)33)35-14-7-5-12(2)15(10-14)21-16-9-13(6-8-18(16)36-28-21)30-20(31)11-19(24(25,26)27)29(3)23(30)34/h5-11,17H,4H2,1-3H3,(H,32,33). The molecule has 1 N–H and O–H groups in total. The zero-order valence-corrected chi connectivity index (χ0v) is 20.1. The van der Waals surface area contributed by atoms with Gasteiger partial charge in [0.15, 0.2) is 6.10 Å². The number of hydrogen-bond donors (Lipinski definition) is 1. The number of hydrogen-bond acceptors (Lipinski definition) is 6. The lowest BCUT2D eigenvalue weighted by Gasteiger charge is -2.15. The van der Waals surface area contributed by atoms with Crippen molar-refractivity contribution < 1.29 is 27.8 Å². The summed E-state index contributed by atoms with van der Waals surface area (Å²) in [4.78, 5) is 36.6. The van der Waals surface area contributed by atoms with Gasteiger partial charge >= 0.3 is 17.8 Å². The van der Waals surface area contributed by atoms with E-state index in [-0.39, 0.29) is 12.1 Å². The molecule has 0 radical (unpaired) electrons. The molecule has 0 spiro atoms. The summed E-state index contributed by atoms with van der Waals surface area (Å²) in [6.07, 6.45) is -5.62. The van der Waals surface area contributed by atoms with Crippen molar-refractivity contribution in [3.63, 3.8) is 0 Å². The first-order valence-electron chi connectivity index (χ1n) is 10.7. The average molecular weight is 520 g/mol. The molecule has 36 heavy (non-hydrogen) atoms. The zero-order valence-electron chi connectivity index (χ0n) is 19.3. The van der Waals surface area contributed by atoms with Crippen LogP contribution >= 0.6 is 11.5 Å². The number of carboxylic acids is 1. The molecule has 0 fully saturated rings. The van der Waals surface area contributed by atoms with Crippen molar-refractivity contribution >= 4 is 27.6 Å². The van der Waals surface area contributed by atoms with Gasteiger partial charge in [-0.3, -0.25) is 9.36 Å². The molecule has 2 aromatic heterocycles. The third-order valence-corrected chi connectivity index (χ3v) is 6.54. The largest absolute Gasteiger partial charge is 0.479 e. The number of fused-ring (bicyclic) bond motifs is 1. The van der Waals surface area contributed by atoms with Crippen LogP contribution in [0.3, 0.4) is 0 Å². The molecular formula is C24H20F3N3O5S. The van der Waals surface area contributed by atoms with Gasteiger partial charge in [0.05, 0.1) is 16.1 Å². The summed E-state index contributed by atoms with van der Waals surface area (Å²) in [7, 11) is 0.951. The highest BCUT2D eigenvalue weighted by atomic mass is 32.1. The summed E-state index contributed by atoms with van der Waals surface area (Å²) in [6, 6.07) is 10.1. The van der Waals surface area contributed by atoms with Crippen molar-refractivity contribution in [2.45, 2.75) is 32.5 Å². The number of rotatable bonds is 6. The molecule has 2 heterocycles. The fourth-order valence-electron chi connectivity index (χ4n) is 3.80. The van der Waals surface area contributed by atoms with Crippen molar-refractivity contribution in [2.75, 3.05) is 0 Å². The van der Waals surface area contributed by atoms with E-state index in [2.05, 4.69) is 4.37 Å².